The molecule has 1 aromatic heterocycles. The summed E-state index contributed by atoms with van der Waals surface area (Å²) in [4.78, 5) is 33.4. The summed E-state index contributed by atoms with van der Waals surface area (Å²) in [5, 5.41) is 12.1. The van der Waals surface area contributed by atoms with Crippen molar-refractivity contribution in [3.05, 3.63) is 68.7 Å². The standard InChI is InChI=1S/C29H31BrF3N5O4/c1-35(22-6-10-26(38(40)41)24(17-22)29(31,32)33)21-4-7-23(8-5-21)42-18-28(39)37-14-12-36(13-15-37)27-11-2-19-16-20(30)3-9-25(19)34-27/h2-3,6,9-11,16-17,21,23H,4-5,7-8,12-15,18H2,1H3/t21-,23-. The topological polar surface area (TPSA) is 92.0 Å². The summed E-state index contributed by atoms with van der Waals surface area (Å²) in [6.07, 6.45) is -2.26. The van der Waals surface area contributed by atoms with Gasteiger partial charge in [0.25, 0.3) is 5.69 Å². The van der Waals surface area contributed by atoms with Gasteiger partial charge in [-0.1, -0.05) is 15.9 Å². The Morgan fingerprint density at radius 2 is 1.79 bits per heavy atom. The number of carbonyl (C=O) groups excluding carboxylic acids is 1. The number of ether oxygens (including phenoxy) is 1. The number of hydrogen-bond donors (Lipinski definition) is 0. The number of benzene rings is 2. The van der Waals surface area contributed by atoms with Gasteiger partial charge in [-0.05, 0) is 68.1 Å². The number of fused-ring (bicyclic) bond motifs is 1. The van der Waals surface area contributed by atoms with Crippen molar-refractivity contribution in [3.8, 4) is 0 Å². The fourth-order valence-corrected chi connectivity index (χ4v) is 6.05. The summed E-state index contributed by atoms with van der Waals surface area (Å²) in [5.74, 6) is 0.828. The van der Waals surface area contributed by atoms with E-state index in [1.807, 2.05) is 30.3 Å². The van der Waals surface area contributed by atoms with Crippen LogP contribution in [0.15, 0.2) is 53.0 Å². The van der Waals surface area contributed by atoms with Gasteiger partial charge < -0.3 is 19.4 Å². The van der Waals surface area contributed by atoms with Crippen LogP contribution < -0.4 is 9.80 Å². The highest BCUT2D eigenvalue weighted by Crippen LogP contribution is 2.39. The zero-order valence-corrected chi connectivity index (χ0v) is 24.6. The Morgan fingerprint density at radius 3 is 2.45 bits per heavy atom. The molecule has 224 valence electrons. The molecule has 2 fully saturated rings. The summed E-state index contributed by atoms with van der Waals surface area (Å²) in [7, 11) is 1.70. The molecule has 2 aliphatic rings. The second-order valence-electron chi connectivity index (χ2n) is 10.7. The first kappa shape index (κ1) is 30.0. The minimum atomic E-state index is -4.82. The highest BCUT2D eigenvalue weighted by Gasteiger charge is 2.39. The Hall–Kier alpha value is -3.45. The van der Waals surface area contributed by atoms with Gasteiger partial charge in [-0.15, -0.1) is 0 Å². The minimum Gasteiger partial charge on any atom is -0.372 e. The number of piperazine rings is 1. The monoisotopic (exact) mass is 649 g/mol. The van der Waals surface area contributed by atoms with Crippen molar-refractivity contribution in [3.63, 3.8) is 0 Å². The lowest BCUT2D eigenvalue weighted by molar-refractivity contribution is -0.388. The van der Waals surface area contributed by atoms with Crippen LogP contribution in [0.2, 0.25) is 0 Å². The van der Waals surface area contributed by atoms with Crippen LogP contribution in [0.5, 0.6) is 0 Å². The molecule has 0 radical (unpaired) electrons. The molecular weight excluding hydrogens is 619 g/mol. The van der Waals surface area contributed by atoms with Crippen LogP contribution in [0, 0.1) is 10.1 Å². The first-order valence-corrected chi connectivity index (χ1v) is 14.6. The molecule has 0 atom stereocenters. The van der Waals surface area contributed by atoms with E-state index in [-0.39, 0.29) is 30.3 Å². The number of amides is 1. The Balaban J connectivity index is 1.08. The van der Waals surface area contributed by atoms with Gasteiger partial charge in [0.05, 0.1) is 16.5 Å². The van der Waals surface area contributed by atoms with Crippen LogP contribution in [0.3, 0.4) is 0 Å². The van der Waals surface area contributed by atoms with Crippen molar-refractivity contribution in [1.29, 1.82) is 0 Å². The van der Waals surface area contributed by atoms with Gasteiger partial charge in [-0.2, -0.15) is 13.2 Å². The van der Waals surface area contributed by atoms with E-state index < -0.39 is 22.4 Å². The van der Waals surface area contributed by atoms with Crippen LogP contribution in [0.1, 0.15) is 31.2 Å². The van der Waals surface area contributed by atoms with E-state index in [0.717, 1.165) is 33.3 Å². The third kappa shape index (κ3) is 6.78. The van der Waals surface area contributed by atoms with E-state index in [2.05, 4.69) is 20.8 Å². The van der Waals surface area contributed by atoms with E-state index in [1.54, 1.807) is 16.8 Å². The van der Waals surface area contributed by atoms with Gasteiger partial charge >= 0.3 is 6.18 Å². The molecule has 1 aliphatic carbocycles. The summed E-state index contributed by atoms with van der Waals surface area (Å²) in [6.45, 7) is 2.50. The molecule has 2 heterocycles. The van der Waals surface area contributed by atoms with E-state index in [9.17, 15) is 28.1 Å². The van der Waals surface area contributed by atoms with Crippen molar-refractivity contribution >= 4 is 49.9 Å². The molecule has 0 spiro atoms. The smallest absolute Gasteiger partial charge is 0.372 e. The zero-order valence-electron chi connectivity index (χ0n) is 23.0. The quantitative estimate of drug-likeness (QED) is 0.228. The van der Waals surface area contributed by atoms with Gasteiger partial charge in [0.1, 0.15) is 18.0 Å². The van der Waals surface area contributed by atoms with Crippen molar-refractivity contribution in [2.24, 2.45) is 0 Å². The third-order valence-electron chi connectivity index (χ3n) is 8.12. The molecular formula is C29H31BrF3N5O4. The predicted octanol–water partition coefficient (Wildman–Crippen LogP) is 6.04. The maximum atomic E-state index is 13.4. The molecule has 5 rings (SSSR count). The Labute approximate surface area is 249 Å². The van der Waals surface area contributed by atoms with E-state index in [0.29, 0.717) is 51.9 Å². The Bertz CT molecular complexity index is 1460. The van der Waals surface area contributed by atoms with Crippen LogP contribution in [-0.2, 0) is 15.7 Å². The fraction of sp³-hybridized carbons (Fsp3) is 0.448. The van der Waals surface area contributed by atoms with Gasteiger partial charge in [-0.25, -0.2) is 4.98 Å². The lowest BCUT2D eigenvalue weighted by Crippen LogP contribution is -2.50. The molecule has 3 aromatic rings. The van der Waals surface area contributed by atoms with E-state index in [4.69, 9.17) is 9.72 Å². The van der Waals surface area contributed by atoms with Crippen molar-refractivity contribution < 1.29 is 27.6 Å². The maximum Gasteiger partial charge on any atom is 0.423 e. The number of nitro groups is 1. The minimum absolute atomic E-state index is 0.00836. The summed E-state index contributed by atoms with van der Waals surface area (Å²) in [6, 6.07) is 13.1. The number of rotatable bonds is 7. The molecule has 1 amide bonds. The second-order valence-corrected chi connectivity index (χ2v) is 11.6. The maximum absolute atomic E-state index is 13.4. The van der Waals surface area contributed by atoms with Crippen LogP contribution in [0.25, 0.3) is 10.9 Å². The van der Waals surface area contributed by atoms with Crippen LogP contribution in [-0.4, -0.2) is 72.7 Å². The Kier molecular flexibility index (Phi) is 8.88. The number of pyridine rings is 1. The molecule has 1 saturated carbocycles. The SMILES string of the molecule is CN(c1ccc([N+](=O)[O-])c(C(F)(F)F)c1)[C@H]1CC[C@H](OCC(=O)N2CCN(c3ccc4cc(Br)ccc4n3)CC2)CC1. The van der Waals surface area contributed by atoms with E-state index >= 15 is 0 Å². The zero-order chi connectivity index (χ0) is 30.0. The van der Waals surface area contributed by atoms with Gasteiger partial charge in [0.15, 0.2) is 0 Å². The average molecular weight is 650 g/mol. The third-order valence-corrected chi connectivity index (χ3v) is 8.61. The normalized spacial score (nSPS) is 19.6. The highest BCUT2D eigenvalue weighted by atomic mass is 79.9. The molecule has 9 nitrogen and oxygen atoms in total. The number of alkyl halides is 3. The predicted molar refractivity (Wildman–Crippen MR) is 157 cm³/mol. The highest BCUT2D eigenvalue weighted by molar-refractivity contribution is 9.10. The number of nitrogens with zero attached hydrogens (tertiary/aromatic N) is 5. The molecule has 0 unspecified atom stereocenters. The first-order chi connectivity index (χ1) is 20.0. The van der Waals surface area contributed by atoms with E-state index in [1.165, 1.54) is 6.07 Å². The van der Waals surface area contributed by atoms with Crippen molar-refractivity contribution in [2.45, 2.75) is 44.0 Å². The second kappa shape index (κ2) is 12.4. The van der Waals surface area contributed by atoms with Crippen molar-refractivity contribution in [2.75, 3.05) is 49.6 Å². The van der Waals surface area contributed by atoms with Crippen molar-refractivity contribution in [1.82, 2.24) is 9.88 Å². The lowest BCUT2D eigenvalue weighted by Gasteiger charge is -2.37. The number of hydrogen-bond acceptors (Lipinski definition) is 7. The van der Waals surface area contributed by atoms with Gasteiger partial charge in [-0.3, -0.25) is 14.9 Å². The molecule has 1 saturated heterocycles. The van der Waals surface area contributed by atoms with Gasteiger partial charge in [0, 0.05) is 60.9 Å². The van der Waals surface area contributed by atoms with Crippen LogP contribution >= 0.6 is 15.9 Å². The first-order valence-electron chi connectivity index (χ1n) is 13.8. The molecule has 13 heteroatoms. The molecule has 2 aromatic carbocycles. The summed E-state index contributed by atoms with van der Waals surface area (Å²) in [5.41, 5.74) is -1.02. The molecule has 0 N–H and O–H groups in total. The summed E-state index contributed by atoms with van der Waals surface area (Å²) >= 11 is 3.48. The lowest BCUT2D eigenvalue weighted by atomic mass is 9.91. The summed E-state index contributed by atoms with van der Waals surface area (Å²) < 4.78 is 47.2. The number of halogens is 4. The molecule has 0 bridgehead atoms. The fourth-order valence-electron chi connectivity index (χ4n) is 5.67. The van der Waals surface area contributed by atoms with Gasteiger partial charge in [0.2, 0.25) is 5.91 Å². The number of anilines is 2. The number of nitro benzene ring substituents is 1. The molecule has 42 heavy (non-hydrogen) atoms. The number of aromatic nitrogens is 1. The number of carbonyl (C=O) groups is 1. The molecule has 1 aliphatic heterocycles. The van der Waals surface area contributed by atoms with Crippen LogP contribution in [0.4, 0.5) is 30.4 Å². The largest absolute Gasteiger partial charge is 0.423 e. The Morgan fingerprint density at radius 1 is 1.07 bits per heavy atom. The average Bonchev–Trinajstić information content (AvgIpc) is 2.98.